The fourth-order valence-corrected chi connectivity index (χ4v) is 1.30. The predicted molar refractivity (Wildman–Crippen MR) is 66.6 cm³/mol. The number of carboxylic acid groups (broad SMARTS) is 1. The second-order valence-corrected chi connectivity index (χ2v) is 3.75. The van der Waals surface area contributed by atoms with Crippen molar-refractivity contribution in [3.05, 3.63) is 41.5 Å². The average Bonchev–Trinajstić information content (AvgIpc) is 2.29. The Hall–Kier alpha value is -2.43. The summed E-state index contributed by atoms with van der Waals surface area (Å²) in [4.78, 5) is 32.9. The molecule has 0 fully saturated rings. The molecule has 18 heavy (non-hydrogen) atoms. The summed E-state index contributed by atoms with van der Waals surface area (Å²) in [6.45, 7) is 3.21. The molecule has 2 N–H and O–H groups in total. The van der Waals surface area contributed by atoms with Crippen molar-refractivity contribution >= 4 is 23.3 Å². The van der Waals surface area contributed by atoms with Gasteiger partial charge in [-0.1, -0.05) is 12.1 Å². The Morgan fingerprint density at radius 2 is 1.89 bits per heavy atom. The van der Waals surface area contributed by atoms with E-state index in [0.29, 0.717) is 11.3 Å². The molecule has 1 aromatic rings. The standard InChI is InChI=1S/C13H13NO4/c1-8-3-4-10(9(2)15)7-11(8)14-12(16)5-6-13(17)18/h3-7H,1-2H3,(H,14,16)(H,17,18)/b6-5+. The number of benzene rings is 1. The maximum atomic E-state index is 11.4. The van der Waals surface area contributed by atoms with Gasteiger partial charge in [0, 0.05) is 23.4 Å². The Labute approximate surface area is 104 Å². The minimum Gasteiger partial charge on any atom is -0.478 e. The first-order valence-electron chi connectivity index (χ1n) is 5.23. The lowest BCUT2D eigenvalue weighted by molar-refractivity contribution is -0.131. The van der Waals surface area contributed by atoms with Crippen molar-refractivity contribution in [2.75, 3.05) is 5.32 Å². The second-order valence-electron chi connectivity index (χ2n) is 3.75. The molecule has 0 aliphatic heterocycles. The molecule has 1 aromatic carbocycles. The first-order valence-corrected chi connectivity index (χ1v) is 5.23. The van der Waals surface area contributed by atoms with Crippen molar-refractivity contribution in [1.29, 1.82) is 0 Å². The van der Waals surface area contributed by atoms with Crippen LogP contribution in [0.15, 0.2) is 30.4 Å². The van der Waals surface area contributed by atoms with Crippen LogP contribution in [0.2, 0.25) is 0 Å². The van der Waals surface area contributed by atoms with Crippen LogP contribution in [0.5, 0.6) is 0 Å². The highest BCUT2D eigenvalue weighted by atomic mass is 16.4. The van der Waals surface area contributed by atoms with Crippen LogP contribution in [0.3, 0.4) is 0 Å². The van der Waals surface area contributed by atoms with Crippen molar-refractivity contribution < 1.29 is 19.5 Å². The zero-order valence-corrected chi connectivity index (χ0v) is 10.1. The van der Waals surface area contributed by atoms with Crippen LogP contribution in [0.25, 0.3) is 0 Å². The number of ketones is 1. The SMILES string of the molecule is CC(=O)c1ccc(C)c(NC(=O)/C=C/C(=O)O)c1. The molecule has 0 saturated carbocycles. The van der Waals surface area contributed by atoms with Gasteiger partial charge in [0.15, 0.2) is 5.78 Å². The van der Waals surface area contributed by atoms with Gasteiger partial charge < -0.3 is 10.4 Å². The molecule has 5 nitrogen and oxygen atoms in total. The van der Waals surface area contributed by atoms with E-state index in [1.807, 2.05) is 0 Å². The van der Waals surface area contributed by atoms with E-state index < -0.39 is 11.9 Å². The van der Waals surface area contributed by atoms with Gasteiger partial charge in [0.2, 0.25) is 5.91 Å². The van der Waals surface area contributed by atoms with E-state index in [1.54, 1.807) is 25.1 Å². The summed E-state index contributed by atoms with van der Waals surface area (Å²) in [5.41, 5.74) is 1.76. The Morgan fingerprint density at radius 1 is 1.22 bits per heavy atom. The van der Waals surface area contributed by atoms with Gasteiger partial charge in [-0.25, -0.2) is 4.79 Å². The highest BCUT2D eigenvalue weighted by molar-refractivity contribution is 6.03. The molecule has 0 spiro atoms. The Bertz CT molecular complexity index is 532. The molecule has 0 bridgehead atoms. The van der Waals surface area contributed by atoms with E-state index in [1.165, 1.54) is 6.92 Å². The molecule has 0 atom stereocenters. The highest BCUT2D eigenvalue weighted by Gasteiger charge is 2.06. The number of carboxylic acids is 1. The molecule has 1 rings (SSSR count). The number of aliphatic carboxylic acids is 1. The highest BCUT2D eigenvalue weighted by Crippen LogP contribution is 2.17. The molecular formula is C13H13NO4. The molecule has 0 saturated heterocycles. The lowest BCUT2D eigenvalue weighted by Crippen LogP contribution is -2.10. The number of nitrogens with one attached hydrogen (secondary N) is 1. The maximum absolute atomic E-state index is 11.4. The van der Waals surface area contributed by atoms with E-state index in [-0.39, 0.29) is 5.78 Å². The van der Waals surface area contributed by atoms with Gasteiger partial charge in [-0.15, -0.1) is 0 Å². The van der Waals surface area contributed by atoms with Crippen molar-refractivity contribution in [3.8, 4) is 0 Å². The van der Waals surface area contributed by atoms with Crippen molar-refractivity contribution in [2.45, 2.75) is 13.8 Å². The first kappa shape index (κ1) is 13.6. The molecule has 94 valence electrons. The fraction of sp³-hybridized carbons (Fsp3) is 0.154. The smallest absolute Gasteiger partial charge is 0.328 e. The molecule has 0 heterocycles. The first-order chi connectivity index (χ1) is 8.40. The van der Waals surface area contributed by atoms with E-state index in [0.717, 1.165) is 17.7 Å². The maximum Gasteiger partial charge on any atom is 0.328 e. The molecule has 0 radical (unpaired) electrons. The normalized spacial score (nSPS) is 10.3. The van der Waals surface area contributed by atoms with E-state index in [4.69, 9.17) is 5.11 Å². The molecule has 5 heteroatoms. The monoisotopic (exact) mass is 247 g/mol. The van der Waals surface area contributed by atoms with Crippen molar-refractivity contribution in [3.63, 3.8) is 0 Å². The summed E-state index contributed by atoms with van der Waals surface area (Å²) >= 11 is 0. The number of anilines is 1. The number of aryl methyl sites for hydroxylation is 1. The summed E-state index contributed by atoms with van der Waals surface area (Å²) in [5.74, 6) is -1.85. The molecule has 0 aromatic heterocycles. The number of Topliss-reactive ketones (excluding diaryl/α,β-unsaturated/α-hetero) is 1. The number of amides is 1. The summed E-state index contributed by atoms with van der Waals surface area (Å²) in [5, 5.41) is 10.9. The van der Waals surface area contributed by atoms with Crippen molar-refractivity contribution in [2.24, 2.45) is 0 Å². The number of carbonyl (C=O) groups excluding carboxylic acids is 2. The van der Waals surface area contributed by atoms with Gasteiger partial charge >= 0.3 is 5.97 Å². The van der Waals surface area contributed by atoms with Crippen LogP contribution in [0, 0.1) is 6.92 Å². The van der Waals surface area contributed by atoms with Gasteiger partial charge in [0.1, 0.15) is 0 Å². The Kier molecular flexibility index (Phi) is 4.37. The molecule has 0 aliphatic carbocycles. The minimum atomic E-state index is -1.20. The number of carbonyl (C=O) groups is 3. The van der Waals surface area contributed by atoms with Gasteiger partial charge in [-0.3, -0.25) is 9.59 Å². The summed E-state index contributed by atoms with van der Waals surface area (Å²) in [7, 11) is 0. The second kappa shape index (κ2) is 5.77. The lowest BCUT2D eigenvalue weighted by Gasteiger charge is -2.07. The van der Waals surface area contributed by atoms with Crippen LogP contribution in [-0.4, -0.2) is 22.8 Å². The van der Waals surface area contributed by atoms with Gasteiger partial charge in [-0.2, -0.15) is 0 Å². The van der Waals surface area contributed by atoms with Gasteiger partial charge in [-0.05, 0) is 25.5 Å². The zero-order chi connectivity index (χ0) is 13.7. The average molecular weight is 247 g/mol. The van der Waals surface area contributed by atoms with E-state index in [2.05, 4.69) is 5.32 Å². The van der Waals surface area contributed by atoms with Crippen LogP contribution in [-0.2, 0) is 9.59 Å². The number of hydrogen-bond acceptors (Lipinski definition) is 3. The third kappa shape index (κ3) is 3.86. The van der Waals surface area contributed by atoms with Gasteiger partial charge in [0.05, 0.1) is 0 Å². The Balaban J connectivity index is 2.90. The predicted octanol–water partition coefficient (Wildman–Crippen LogP) is 1.78. The topological polar surface area (TPSA) is 83.5 Å². The molecular weight excluding hydrogens is 234 g/mol. The van der Waals surface area contributed by atoms with Crippen LogP contribution in [0.4, 0.5) is 5.69 Å². The number of hydrogen-bond donors (Lipinski definition) is 2. The van der Waals surface area contributed by atoms with E-state index >= 15 is 0 Å². The summed E-state index contributed by atoms with van der Waals surface area (Å²) in [6, 6.07) is 4.94. The fourth-order valence-electron chi connectivity index (χ4n) is 1.30. The number of rotatable bonds is 4. The van der Waals surface area contributed by atoms with Gasteiger partial charge in [0.25, 0.3) is 0 Å². The van der Waals surface area contributed by atoms with Crippen LogP contribution >= 0.6 is 0 Å². The van der Waals surface area contributed by atoms with Crippen molar-refractivity contribution in [1.82, 2.24) is 0 Å². The third-order valence-corrected chi connectivity index (χ3v) is 2.28. The summed E-state index contributed by atoms with van der Waals surface area (Å²) in [6.07, 6.45) is 1.67. The summed E-state index contributed by atoms with van der Waals surface area (Å²) < 4.78 is 0. The quantitative estimate of drug-likeness (QED) is 0.627. The van der Waals surface area contributed by atoms with Crippen LogP contribution < -0.4 is 5.32 Å². The lowest BCUT2D eigenvalue weighted by atomic mass is 10.1. The zero-order valence-electron chi connectivity index (χ0n) is 10.1. The molecule has 0 unspecified atom stereocenters. The molecule has 1 amide bonds. The minimum absolute atomic E-state index is 0.105. The molecule has 0 aliphatic rings. The third-order valence-electron chi connectivity index (χ3n) is 2.28. The van der Waals surface area contributed by atoms with Crippen LogP contribution in [0.1, 0.15) is 22.8 Å². The Morgan fingerprint density at radius 3 is 2.44 bits per heavy atom. The van der Waals surface area contributed by atoms with E-state index in [9.17, 15) is 14.4 Å². The largest absolute Gasteiger partial charge is 0.478 e.